The second-order valence-electron chi connectivity index (χ2n) is 7.23. The predicted molar refractivity (Wildman–Crippen MR) is 102 cm³/mol. The van der Waals surface area contributed by atoms with Gasteiger partial charge < -0.3 is 10.0 Å². The predicted octanol–water partition coefficient (Wildman–Crippen LogP) is 2.98. The Balaban J connectivity index is 1.49. The van der Waals surface area contributed by atoms with Crippen molar-refractivity contribution in [3.05, 3.63) is 58.8 Å². The average molecular weight is 351 g/mol. The molecule has 136 valence electrons. The molecular weight excluding hydrogens is 326 g/mol. The van der Waals surface area contributed by atoms with Crippen LogP contribution in [0.5, 0.6) is 0 Å². The minimum absolute atomic E-state index is 0.363. The summed E-state index contributed by atoms with van der Waals surface area (Å²) in [4.78, 5) is 21.1. The fraction of sp³-hybridized carbons (Fsp3) is 0.429. The van der Waals surface area contributed by atoms with Crippen LogP contribution in [0.1, 0.15) is 40.0 Å². The van der Waals surface area contributed by atoms with Gasteiger partial charge in [0, 0.05) is 38.4 Å². The van der Waals surface area contributed by atoms with Crippen molar-refractivity contribution in [1.82, 2.24) is 9.88 Å². The first-order valence-electron chi connectivity index (χ1n) is 9.48. The molecule has 0 unspecified atom stereocenters. The fourth-order valence-electron chi connectivity index (χ4n) is 3.98. The number of hydrogen-bond acceptors (Lipinski definition) is 4. The SMILES string of the molecule is O=C(O)c1cc2c(nc1N1CCN(Cc3ccccc3)CC1)CCCC2. The maximum atomic E-state index is 11.8. The number of hydrogen-bond donors (Lipinski definition) is 1. The van der Waals surface area contributed by atoms with Crippen molar-refractivity contribution in [2.45, 2.75) is 32.2 Å². The highest BCUT2D eigenvalue weighted by Crippen LogP contribution is 2.27. The van der Waals surface area contributed by atoms with Crippen LogP contribution in [0.4, 0.5) is 5.82 Å². The van der Waals surface area contributed by atoms with E-state index in [0.717, 1.165) is 69.7 Å². The number of nitrogens with zero attached hydrogens (tertiary/aromatic N) is 3. The third-order valence-electron chi connectivity index (χ3n) is 5.43. The van der Waals surface area contributed by atoms with Gasteiger partial charge >= 0.3 is 5.97 Å². The van der Waals surface area contributed by atoms with Gasteiger partial charge in [-0.1, -0.05) is 30.3 Å². The number of carbonyl (C=O) groups is 1. The van der Waals surface area contributed by atoms with Gasteiger partial charge in [0.1, 0.15) is 11.4 Å². The molecule has 1 aromatic heterocycles. The Morgan fingerprint density at radius 2 is 1.77 bits per heavy atom. The van der Waals surface area contributed by atoms with Gasteiger partial charge in [-0.15, -0.1) is 0 Å². The Kier molecular flexibility index (Phi) is 4.89. The van der Waals surface area contributed by atoms with Crippen LogP contribution in [0.15, 0.2) is 36.4 Å². The van der Waals surface area contributed by atoms with E-state index in [1.165, 1.54) is 5.56 Å². The Labute approximate surface area is 154 Å². The number of carboxylic acid groups (broad SMARTS) is 1. The number of piperazine rings is 1. The van der Waals surface area contributed by atoms with Gasteiger partial charge in [-0.25, -0.2) is 9.78 Å². The quantitative estimate of drug-likeness (QED) is 0.918. The molecule has 0 radical (unpaired) electrons. The van der Waals surface area contributed by atoms with Crippen LogP contribution < -0.4 is 4.90 Å². The lowest BCUT2D eigenvalue weighted by Gasteiger charge is -2.36. The monoisotopic (exact) mass is 351 g/mol. The molecule has 0 saturated carbocycles. The number of aryl methyl sites for hydroxylation is 2. The van der Waals surface area contributed by atoms with E-state index in [1.807, 2.05) is 12.1 Å². The molecule has 0 bridgehead atoms. The first-order chi connectivity index (χ1) is 12.7. The summed E-state index contributed by atoms with van der Waals surface area (Å²) in [6, 6.07) is 12.4. The van der Waals surface area contributed by atoms with Gasteiger partial charge in [-0.3, -0.25) is 4.90 Å². The Bertz CT molecular complexity index is 783. The van der Waals surface area contributed by atoms with Gasteiger partial charge in [0.05, 0.1) is 0 Å². The van der Waals surface area contributed by atoms with Crippen molar-refractivity contribution >= 4 is 11.8 Å². The number of pyridine rings is 1. The lowest BCUT2D eigenvalue weighted by atomic mass is 9.94. The second kappa shape index (κ2) is 7.46. The largest absolute Gasteiger partial charge is 0.478 e. The number of rotatable bonds is 4. The first kappa shape index (κ1) is 17.0. The fourth-order valence-corrected chi connectivity index (χ4v) is 3.98. The Hall–Kier alpha value is -2.40. The molecule has 1 aromatic carbocycles. The van der Waals surface area contributed by atoms with Gasteiger partial charge in [-0.2, -0.15) is 0 Å². The van der Waals surface area contributed by atoms with Crippen molar-refractivity contribution in [3.8, 4) is 0 Å². The molecule has 1 N–H and O–H groups in total. The van der Waals surface area contributed by atoms with Gasteiger partial charge in [0.15, 0.2) is 0 Å². The van der Waals surface area contributed by atoms with Crippen molar-refractivity contribution in [2.75, 3.05) is 31.1 Å². The molecule has 0 amide bonds. The molecule has 2 heterocycles. The zero-order valence-corrected chi connectivity index (χ0v) is 15.0. The highest BCUT2D eigenvalue weighted by atomic mass is 16.4. The first-order valence-corrected chi connectivity index (χ1v) is 9.48. The number of anilines is 1. The number of fused-ring (bicyclic) bond motifs is 1. The number of carboxylic acids is 1. The molecular formula is C21H25N3O2. The molecule has 1 fully saturated rings. The third-order valence-corrected chi connectivity index (χ3v) is 5.43. The van der Waals surface area contributed by atoms with Crippen molar-refractivity contribution < 1.29 is 9.90 Å². The Morgan fingerprint density at radius 3 is 2.50 bits per heavy atom. The maximum Gasteiger partial charge on any atom is 0.339 e. The number of aromatic nitrogens is 1. The molecule has 1 aliphatic heterocycles. The van der Waals surface area contributed by atoms with E-state index in [1.54, 1.807) is 0 Å². The molecule has 0 spiro atoms. The van der Waals surface area contributed by atoms with Crippen LogP contribution in [0, 0.1) is 0 Å². The van der Waals surface area contributed by atoms with E-state index >= 15 is 0 Å². The second-order valence-corrected chi connectivity index (χ2v) is 7.23. The lowest BCUT2D eigenvalue weighted by molar-refractivity contribution is 0.0696. The summed E-state index contributed by atoms with van der Waals surface area (Å²) in [5, 5.41) is 9.67. The summed E-state index contributed by atoms with van der Waals surface area (Å²) in [6.45, 7) is 4.43. The minimum atomic E-state index is -0.868. The highest BCUT2D eigenvalue weighted by Gasteiger charge is 2.25. The van der Waals surface area contributed by atoms with Crippen molar-refractivity contribution in [1.29, 1.82) is 0 Å². The molecule has 4 rings (SSSR count). The minimum Gasteiger partial charge on any atom is -0.478 e. The standard InChI is InChI=1S/C21H25N3O2/c25-21(26)18-14-17-8-4-5-9-19(17)22-20(18)24-12-10-23(11-13-24)15-16-6-2-1-3-7-16/h1-3,6-7,14H,4-5,8-13,15H2,(H,25,26). The van der Waals surface area contributed by atoms with E-state index < -0.39 is 5.97 Å². The summed E-state index contributed by atoms with van der Waals surface area (Å²) >= 11 is 0. The summed E-state index contributed by atoms with van der Waals surface area (Å²) < 4.78 is 0. The topological polar surface area (TPSA) is 56.7 Å². The third kappa shape index (κ3) is 3.58. The van der Waals surface area contributed by atoms with Crippen molar-refractivity contribution in [3.63, 3.8) is 0 Å². The van der Waals surface area contributed by atoms with Gasteiger partial charge in [0.2, 0.25) is 0 Å². The normalized spacial score (nSPS) is 17.8. The van der Waals surface area contributed by atoms with E-state index in [4.69, 9.17) is 4.98 Å². The molecule has 2 aromatic rings. The molecule has 26 heavy (non-hydrogen) atoms. The number of benzene rings is 1. The van der Waals surface area contributed by atoms with Gasteiger partial charge in [0.25, 0.3) is 0 Å². The molecule has 0 atom stereocenters. The summed E-state index contributed by atoms with van der Waals surface area (Å²) in [7, 11) is 0. The van der Waals surface area contributed by atoms with E-state index in [0.29, 0.717) is 11.4 Å². The van der Waals surface area contributed by atoms with E-state index in [-0.39, 0.29) is 0 Å². The summed E-state index contributed by atoms with van der Waals surface area (Å²) in [6.07, 6.45) is 4.20. The molecule has 2 aliphatic rings. The van der Waals surface area contributed by atoms with Crippen LogP contribution in [0.25, 0.3) is 0 Å². The van der Waals surface area contributed by atoms with Crippen LogP contribution in [-0.4, -0.2) is 47.1 Å². The van der Waals surface area contributed by atoms with Crippen LogP contribution >= 0.6 is 0 Å². The highest BCUT2D eigenvalue weighted by molar-refractivity contribution is 5.93. The van der Waals surface area contributed by atoms with E-state index in [2.05, 4.69) is 34.1 Å². The molecule has 1 saturated heterocycles. The van der Waals surface area contributed by atoms with Gasteiger partial charge in [-0.05, 0) is 42.9 Å². The van der Waals surface area contributed by atoms with E-state index in [9.17, 15) is 9.90 Å². The lowest BCUT2D eigenvalue weighted by Crippen LogP contribution is -2.46. The van der Waals surface area contributed by atoms with Crippen molar-refractivity contribution in [2.24, 2.45) is 0 Å². The molecule has 5 heteroatoms. The van der Waals surface area contributed by atoms with Crippen LogP contribution in [0.2, 0.25) is 0 Å². The maximum absolute atomic E-state index is 11.8. The Morgan fingerprint density at radius 1 is 1.04 bits per heavy atom. The molecule has 5 nitrogen and oxygen atoms in total. The summed E-state index contributed by atoms with van der Waals surface area (Å²) in [5.74, 6) is -0.204. The van der Waals surface area contributed by atoms with Crippen LogP contribution in [0.3, 0.4) is 0 Å². The zero-order chi connectivity index (χ0) is 17.9. The zero-order valence-electron chi connectivity index (χ0n) is 15.0. The summed E-state index contributed by atoms with van der Waals surface area (Å²) in [5.41, 5.74) is 3.91. The molecule has 1 aliphatic carbocycles. The number of aromatic carboxylic acids is 1. The smallest absolute Gasteiger partial charge is 0.339 e. The van der Waals surface area contributed by atoms with Crippen LogP contribution in [-0.2, 0) is 19.4 Å². The average Bonchev–Trinajstić information content (AvgIpc) is 2.68.